The van der Waals surface area contributed by atoms with Crippen molar-refractivity contribution in [3.05, 3.63) is 52.2 Å². The van der Waals surface area contributed by atoms with E-state index in [-0.39, 0.29) is 5.75 Å². The van der Waals surface area contributed by atoms with Gasteiger partial charge < -0.3 is 14.8 Å². The summed E-state index contributed by atoms with van der Waals surface area (Å²) in [6.07, 6.45) is 2.77. The number of thiophene rings is 1. The van der Waals surface area contributed by atoms with Crippen molar-refractivity contribution in [2.75, 3.05) is 12.4 Å². The maximum atomic E-state index is 12.0. The third kappa shape index (κ3) is 4.88. The third-order valence-electron chi connectivity index (χ3n) is 2.83. The van der Waals surface area contributed by atoms with Crippen molar-refractivity contribution < 1.29 is 27.8 Å². The van der Waals surface area contributed by atoms with Crippen LogP contribution in [0.5, 0.6) is 5.75 Å². The monoisotopic (exact) mass is 353 g/mol. The van der Waals surface area contributed by atoms with Gasteiger partial charge in [-0.15, -0.1) is 11.3 Å². The van der Waals surface area contributed by atoms with E-state index in [0.29, 0.717) is 16.1 Å². The molecule has 24 heavy (non-hydrogen) atoms. The van der Waals surface area contributed by atoms with Crippen LogP contribution in [0.25, 0.3) is 6.08 Å². The van der Waals surface area contributed by atoms with Crippen molar-refractivity contribution >= 4 is 35.0 Å². The van der Waals surface area contributed by atoms with Crippen molar-refractivity contribution in [2.24, 2.45) is 0 Å². The molecule has 2 aromatic rings. The lowest BCUT2D eigenvalue weighted by atomic mass is 10.2. The molecule has 0 fully saturated rings. The Morgan fingerprint density at radius 2 is 1.92 bits per heavy atom. The molecule has 1 N–H and O–H groups in total. The highest BCUT2D eigenvalue weighted by Crippen LogP contribution is 2.23. The fraction of sp³-hybridized carbons (Fsp3) is 0.125. The summed E-state index contributed by atoms with van der Waals surface area (Å²) in [4.78, 5) is 23.7. The highest BCUT2D eigenvalue weighted by atomic mass is 32.1. The number of carbonyl (C=O) groups is 2. The Labute approximate surface area is 140 Å². The van der Waals surface area contributed by atoms with Gasteiger partial charge >= 0.3 is 12.6 Å². The Morgan fingerprint density at radius 1 is 1.21 bits per heavy atom. The molecule has 126 valence electrons. The third-order valence-corrected chi connectivity index (χ3v) is 3.72. The zero-order valence-corrected chi connectivity index (χ0v) is 13.3. The van der Waals surface area contributed by atoms with E-state index < -0.39 is 18.5 Å². The van der Waals surface area contributed by atoms with E-state index in [9.17, 15) is 18.4 Å². The van der Waals surface area contributed by atoms with Crippen LogP contribution in [-0.2, 0) is 9.53 Å². The van der Waals surface area contributed by atoms with Gasteiger partial charge in [-0.2, -0.15) is 8.78 Å². The van der Waals surface area contributed by atoms with Crippen LogP contribution < -0.4 is 10.1 Å². The second-order valence-corrected chi connectivity index (χ2v) is 5.34. The summed E-state index contributed by atoms with van der Waals surface area (Å²) in [5.74, 6) is -0.932. The lowest BCUT2D eigenvalue weighted by molar-refractivity contribution is -0.111. The first-order valence-electron chi connectivity index (χ1n) is 6.69. The summed E-state index contributed by atoms with van der Waals surface area (Å²) in [6, 6.07) is 7.41. The molecule has 0 unspecified atom stereocenters. The van der Waals surface area contributed by atoms with Gasteiger partial charge in [0.2, 0.25) is 5.91 Å². The van der Waals surface area contributed by atoms with Gasteiger partial charge in [0, 0.05) is 6.08 Å². The molecule has 8 heteroatoms. The van der Waals surface area contributed by atoms with Gasteiger partial charge in [-0.3, -0.25) is 4.79 Å². The number of esters is 1. The number of carbonyl (C=O) groups excluding carboxylic acids is 2. The molecule has 1 amide bonds. The zero-order valence-electron chi connectivity index (χ0n) is 12.5. The lowest BCUT2D eigenvalue weighted by Gasteiger charge is -2.04. The number of ether oxygens (including phenoxy) is 2. The average Bonchev–Trinajstić information content (AvgIpc) is 3.01. The molecule has 0 aliphatic carbocycles. The van der Waals surface area contributed by atoms with E-state index in [1.807, 2.05) is 0 Å². The Bertz CT molecular complexity index is 741. The van der Waals surface area contributed by atoms with Crippen LogP contribution in [0.3, 0.4) is 0 Å². The van der Waals surface area contributed by atoms with Crippen LogP contribution in [0.4, 0.5) is 14.5 Å². The highest BCUT2D eigenvalue weighted by molar-refractivity contribution is 7.12. The predicted octanol–water partition coefficient (Wildman–Crippen LogP) is 3.79. The van der Waals surface area contributed by atoms with Gasteiger partial charge in [0.25, 0.3) is 0 Å². The minimum absolute atomic E-state index is 0.0348. The van der Waals surface area contributed by atoms with E-state index >= 15 is 0 Å². The zero-order chi connectivity index (χ0) is 17.5. The molecule has 0 aliphatic heterocycles. The normalized spacial score (nSPS) is 10.8. The first kappa shape index (κ1) is 17.6. The molecule has 0 bridgehead atoms. The van der Waals surface area contributed by atoms with Crippen LogP contribution in [0.2, 0.25) is 0 Å². The second-order valence-electron chi connectivity index (χ2n) is 4.43. The summed E-state index contributed by atoms with van der Waals surface area (Å²) in [7, 11) is 1.26. The van der Waals surface area contributed by atoms with Crippen LogP contribution in [0.1, 0.15) is 15.2 Å². The molecule has 5 nitrogen and oxygen atoms in total. The fourth-order valence-corrected chi connectivity index (χ4v) is 2.53. The van der Waals surface area contributed by atoms with Gasteiger partial charge in [-0.25, -0.2) is 4.79 Å². The minimum atomic E-state index is -2.88. The van der Waals surface area contributed by atoms with Gasteiger partial charge in [-0.1, -0.05) is 12.1 Å². The summed E-state index contributed by atoms with van der Waals surface area (Å²) in [6.45, 7) is -2.88. The van der Waals surface area contributed by atoms with Crippen molar-refractivity contribution in [3.63, 3.8) is 0 Å². The number of halogens is 2. The average molecular weight is 353 g/mol. The van der Waals surface area contributed by atoms with Gasteiger partial charge in [-0.05, 0) is 35.2 Å². The number of hydrogen-bond acceptors (Lipinski definition) is 5. The Morgan fingerprint density at radius 3 is 2.54 bits per heavy atom. The fourth-order valence-electron chi connectivity index (χ4n) is 1.77. The largest absolute Gasteiger partial charge is 0.465 e. The first-order valence-corrected chi connectivity index (χ1v) is 7.57. The smallest absolute Gasteiger partial charge is 0.387 e. The van der Waals surface area contributed by atoms with Crippen LogP contribution in [0.15, 0.2) is 41.8 Å². The topological polar surface area (TPSA) is 64.6 Å². The lowest BCUT2D eigenvalue weighted by Crippen LogP contribution is -2.10. The van der Waals surface area contributed by atoms with Crippen LogP contribution >= 0.6 is 11.3 Å². The van der Waals surface area contributed by atoms with Crippen LogP contribution in [0, 0.1) is 0 Å². The summed E-state index contributed by atoms with van der Waals surface area (Å²) in [5.41, 5.74) is 0.993. The summed E-state index contributed by atoms with van der Waals surface area (Å²) >= 11 is 1.16. The molecule has 0 radical (unpaired) electrons. The highest BCUT2D eigenvalue weighted by Gasteiger charge is 2.14. The molecular formula is C16H13F2NO4S. The Kier molecular flexibility index (Phi) is 6.02. The number of benzene rings is 1. The number of rotatable bonds is 6. The standard InChI is InChI=1S/C16H13F2NO4S/c1-22-15(21)14-12(8-9-24-14)19-13(20)7-4-10-2-5-11(6-3-10)23-16(17)18/h2-9,16H,1H3,(H,19,20)/b7-4+. The van der Waals surface area contributed by atoms with E-state index in [2.05, 4.69) is 14.8 Å². The van der Waals surface area contributed by atoms with E-state index in [1.165, 1.54) is 43.5 Å². The minimum Gasteiger partial charge on any atom is -0.465 e. The maximum absolute atomic E-state index is 12.0. The number of nitrogens with one attached hydrogen (secondary N) is 1. The number of methoxy groups -OCH3 is 1. The van der Waals surface area contributed by atoms with Crippen molar-refractivity contribution in [1.29, 1.82) is 0 Å². The van der Waals surface area contributed by atoms with Gasteiger partial charge in [0.15, 0.2) is 0 Å². The molecule has 1 heterocycles. The summed E-state index contributed by atoms with van der Waals surface area (Å²) < 4.78 is 33.0. The number of amides is 1. The number of alkyl halides is 2. The molecule has 0 saturated heterocycles. The van der Waals surface area contributed by atoms with E-state index in [0.717, 1.165) is 11.3 Å². The van der Waals surface area contributed by atoms with Crippen LogP contribution in [-0.4, -0.2) is 25.6 Å². The van der Waals surface area contributed by atoms with Crippen molar-refractivity contribution in [2.45, 2.75) is 6.61 Å². The van der Waals surface area contributed by atoms with Crippen molar-refractivity contribution in [1.82, 2.24) is 0 Å². The second kappa shape index (κ2) is 8.21. The molecule has 0 saturated carbocycles. The van der Waals surface area contributed by atoms with Gasteiger partial charge in [0.1, 0.15) is 10.6 Å². The maximum Gasteiger partial charge on any atom is 0.387 e. The molecule has 0 atom stereocenters. The first-order chi connectivity index (χ1) is 11.5. The molecular weight excluding hydrogens is 340 g/mol. The quantitative estimate of drug-likeness (QED) is 0.634. The Balaban J connectivity index is 1.98. The summed E-state index contributed by atoms with van der Waals surface area (Å²) in [5, 5.41) is 4.23. The van der Waals surface area contributed by atoms with E-state index in [4.69, 9.17) is 0 Å². The Hall–Kier alpha value is -2.74. The number of anilines is 1. The molecule has 0 spiro atoms. The van der Waals surface area contributed by atoms with E-state index in [1.54, 1.807) is 11.4 Å². The molecule has 1 aromatic heterocycles. The SMILES string of the molecule is COC(=O)c1sccc1NC(=O)/C=C/c1ccc(OC(F)F)cc1. The molecule has 2 rings (SSSR count). The molecule has 0 aliphatic rings. The molecule has 1 aromatic carbocycles. The number of hydrogen-bond donors (Lipinski definition) is 1. The van der Waals surface area contributed by atoms with Gasteiger partial charge in [0.05, 0.1) is 12.8 Å². The van der Waals surface area contributed by atoms with Crippen molar-refractivity contribution in [3.8, 4) is 5.75 Å². The predicted molar refractivity (Wildman–Crippen MR) is 86.4 cm³/mol.